The van der Waals surface area contributed by atoms with Gasteiger partial charge in [0.1, 0.15) is 10.8 Å². The zero-order valence-corrected chi connectivity index (χ0v) is 12.1. The lowest BCUT2D eigenvalue weighted by Crippen LogP contribution is -1.99. The zero-order chi connectivity index (χ0) is 13.8. The topological polar surface area (TPSA) is 34.1 Å². The van der Waals surface area contributed by atoms with Crippen molar-refractivity contribution in [3.8, 4) is 5.75 Å². The second-order valence-corrected chi connectivity index (χ2v) is 5.50. The maximum absolute atomic E-state index is 5.49. The average molecular weight is 284 g/mol. The molecule has 0 aliphatic carbocycles. The van der Waals surface area contributed by atoms with Crippen molar-refractivity contribution in [3.63, 3.8) is 0 Å². The van der Waals surface area contributed by atoms with E-state index in [1.54, 1.807) is 11.3 Å². The Bertz CT molecular complexity index is 675. The Labute approximate surface area is 122 Å². The summed E-state index contributed by atoms with van der Waals surface area (Å²) in [5.74, 6) is 0.891. The van der Waals surface area contributed by atoms with Crippen molar-refractivity contribution in [3.05, 3.63) is 53.5 Å². The summed E-state index contributed by atoms with van der Waals surface area (Å²) < 4.78 is 6.72. The Hall–Kier alpha value is -2.07. The first-order valence-electron chi connectivity index (χ1n) is 6.66. The van der Waals surface area contributed by atoms with Crippen LogP contribution in [0.15, 0.2) is 48.5 Å². The molecule has 0 radical (unpaired) electrons. The Morgan fingerprint density at radius 3 is 2.90 bits per heavy atom. The Kier molecular flexibility index (Phi) is 3.83. The van der Waals surface area contributed by atoms with E-state index in [1.807, 2.05) is 49.4 Å². The van der Waals surface area contributed by atoms with E-state index in [4.69, 9.17) is 4.74 Å². The summed E-state index contributed by atoms with van der Waals surface area (Å²) in [7, 11) is 0. The fraction of sp³-hybridized carbons (Fsp3) is 0.188. The largest absolute Gasteiger partial charge is 0.494 e. The molecule has 0 saturated carbocycles. The SMILES string of the molecule is CCOc1cccc(NCc2nc3ccccc3s2)c1. The van der Waals surface area contributed by atoms with Gasteiger partial charge in [-0.3, -0.25) is 0 Å². The number of hydrogen-bond acceptors (Lipinski definition) is 4. The van der Waals surface area contributed by atoms with E-state index in [0.29, 0.717) is 6.61 Å². The molecule has 0 aliphatic heterocycles. The van der Waals surface area contributed by atoms with Gasteiger partial charge in [-0.1, -0.05) is 18.2 Å². The third-order valence-electron chi connectivity index (χ3n) is 2.93. The van der Waals surface area contributed by atoms with Crippen LogP contribution in [0.2, 0.25) is 0 Å². The van der Waals surface area contributed by atoms with Gasteiger partial charge in [-0.2, -0.15) is 0 Å². The van der Waals surface area contributed by atoms with E-state index in [9.17, 15) is 0 Å². The molecule has 0 bridgehead atoms. The smallest absolute Gasteiger partial charge is 0.121 e. The maximum Gasteiger partial charge on any atom is 0.121 e. The van der Waals surface area contributed by atoms with E-state index in [0.717, 1.165) is 28.5 Å². The molecule has 0 spiro atoms. The van der Waals surface area contributed by atoms with Crippen molar-refractivity contribution in [2.24, 2.45) is 0 Å². The van der Waals surface area contributed by atoms with Crippen LogP contribution >= 0.6 is 11.3 Å². The third kappa shape index (κ3) is 2.91. The van der Waals surface area contributed by atoms with Gasteiger partial charge in [-0.15, -0.1) is 11.3 Å². The van der Waals surface area contributed by atoms with Crippen LogP contribution in [0, 0.1) is 0 Å². The van der Waals surface area contributed by atoms with E-state index in [2.05, 4.69) is 16.4 Å². The maximum atomic E-state index is 5.49. The van der Waals surface area contributed by atoms with E-state index >= 15 is 0 Å². The molecule has 0 atom stereocenters. The minimum absolute atomic E-state index is 0.682. The number of ether oxygens (including phenoxy) is 1. The van der Waals surface area contributed by atoms with Gasteiger partial charge >= 0.3 is 0 Å². The van der Waals surface area contributed by atoms with Crippen molar-refractivity contribution in [1.29, 1.82) is 0 Å². The van der Waals surface area contributed by atoms with Gasteiger partial charge in [0.05, 0.1) is 23.4 Å². The molecule has 20 heavy (non-hydrogen) atoms. The predicted molar refractivity (Wildman–Crippen MR) is 84.6 cm³/mol. The second kappa shape index (κ2) is 5.92. The van der Waals surface area contributed by atoms with Crippen LogP contribution in [-0.2, 0) is 6.54 Å². The van der Waals surface area contributed by atoms with Gasteiger partial charge in [0.25, 0.3) is 0 Å². The monoisotopic (exact) mass is 284 g/mol. The highest BCUT2D eigenvalue weighted by molar-refractivity contribution is 7.18. The number of thiazole rings is 1. The summed E-state index contributed by atoms with van der Waals surface area (Å²) in [5.41, 5.74) is 2.12. The molecule has 1 heterocycles. The van der Waals surface area contributed by atoms with E-state index in [1.165, 1.54) is 4.70 Å². The second-order valence-electron chi connectivity index (χ2n) is 4.39. The minimum atomic E-state index is 0.682. The fourth-order valence-electron chi connectivity index (χ4n) is 2.04. The number of hydrogen-bond donors (Lipinski definition) is 1. The van der Waals surface area contributed by atoms with Crippen molar-refractivity contribution < 1.29 is 4.74 Å². The first-order chi connectivity index (χ1) is 9.85. The molecule has 0 amide bonds. The lowest BCUT2D eigenvalue weighted by Gasteiger charge is -2.07. The van der Waals surface area contributed by atoms with Crippen LogP contribution in [0.3, 0.4) is 0 Å². The van der Waals surface area contributed by atoms with Crippen LogP contribution in [0.4, 0.5) is 5.69 Å². The molecule has 0 aliphatic rings. The summed E-state index contributed by atoms with van der Waals surface area (Å²) in [6.45, 7) is 3.40. The Balaban J connectivity index is 1.71. The van der Waals surface area contributed by atoms with Gasteiger partial charge in [-0.25, -0.2) is 4.98 Å². The Morgan fingerprint density at radius 1 is 1.15 bits per heavy atom. The molecule has 2 aromatic carbocycles. The highest BCUT2D eigenvalue weighted by atomic mass is 32.1. The highest BCUT2D eigenvalue weighted by Crippen LogP contribution is 2.23. The summed E-state index contributed by atoms with van der Waals surface area (Å²) in [5, 5.41) is 4.48. The summed E-state index contributed by atoms with van der Waals surface area (Å²) in [4.78, 5) is 4.61. The summed E-state index contributed by atoms with van der Waals surface area (Å²) in [6, 6.07) is 16.2. The molecule has 3 rings (SSSR count). The molecular weight excluding hydrogens is 268 g/mol. The molecule has 0 unspecified atom stereocenters. The number of nitrogens with zero attached hydrogens (tertiary/aromatic N) is 1. The van der Waals surface area contributed by atoms with Crippen molar-refractivity contribution in [1.82, 2.24) is 4.98 Å². The molecule has 1 N–H and O–H groups in total. The zero-order valence-electron chi connectivity index (χ0n) is 11.3. The number of aromatic nitrogens is 1. The molecule has 4 heteroatoms. The van der Waals surface area contributed by atoms with Gasteiger partial charge in [0, 0.05) is 11.8 Å². The van der Waals surface area contributed by atoms with Crippen LogP contribution in [0.1, 0.15) is 11.9 Å². The van der Waals surface area contributed by atoms with E-state index < -0.39 is 0 Å². The van der Waals surface area contributed by atoms with Crippen LogP contribution in [0.5, 0.6) is 5.75 Å². The van der Waals surface area contributed by atoms with Crippen molar-refractivity contribution in [2.75, 3.05) is 11.9 Å². The number of benzene rings is 2. The van der Waals surface area contributed by atoms with Gasteiger partial charge in [-0.05, 0) is 31.2 Å². The molecule has 1 aromatic heterocycles. The highest BCUT2D eigenvalue weighted by Gasteiger charge is 2.03. The van der Waals surface area contributed by atoms with Gasteiger partial charge < -0.3 is 10.1 Å². The van der Waals surface area contributed by atoms with Gasteiger partial charge in [0.15, 0.2) is 0 Å². The molecule has 0 saturated heterocycles. The standard InChI is InChI=1S/C16H16N2OS/c1-2-19-13-7-5-6-12(10-13)17-11-16-18-14-8-3-4-9-15(14)20-16/h3-10,17H,2,11H2,1H3. The first-order valence-corrected chi connectivity index (χ1v) is 7.48. The van der Waals surface area contributed by atoms with Crippen LogP contribution < -0.4 is 10.1 Å². The normalized spacial score (nSPS) is 10.7. The molecule has 3 nitrogen and oxygen atoms in total. The molecule has 3 aromatic rings. The van der Waals surface area contributed by atoms with Crippen LogP contribution in [0.25, 0.3) is 10.2 Å². The molecular formula is C16H16N2OS. The number of rotatable bonds is 5. The molecule has 0 fully saturated rings. The number of fused-ring (bicyclic) bond motifs is 1. The van der Waals surface area contributed by atoms with Crippen molar-refractivity contribution >= 4 is 27.2 Å². The van der Waals surface area contributed by atoms with Crippen LogP contribution in [-0.4, -0.2) is 11.6 Å². The Morgan fingerprint density at radius 2 is 2.05 bits per heavy atom. The third-order valence-corrected chi connectivity index (χ3v) is 3.96. The summed E-state index contributed by atoms with van der Waals surface area (Å²) >= 11 is 1.73. The van der Waals surface area contributed by atoms with Gasteiger partial charge in [0.2, 0.25) is 0 Å². The number of para-hydroxylation sites is 1. The van der Waals surface area contributed by atoms with Crippen molar-refractivity contribution in [2.45, 2.75) is 13.5 Å². The predicted octanol–water partition coefficient (Wildman–Crippen LogP) is 4.31. The lowest BCUT2D eigenvalue weighted by atomic mass is 10.3. The average Bonchev–Trinajstić information content (AvgIpc) is 2.89. The summed E-state index contributed by atoms with van der Waals surface area (Å²) in [6.07, 6.45) is 0. The fourth-order valence-corrected chi connectivity index (χ4v) is 2.94. The van der Waals surface area contributed by atoms with E-state index in [-0.39, 0.29) is 0 Å². The molecule has 102 valence electrons. The number of anilines is 1. The first kappa shape index (κ1) is 12.9. The number of nitrogens with one attached hydrogen (secondary N) is 1. The lowest BCUT2D eigenvalue weighted by molar-refractivity contribution is 0.340. The minimum Gasteiger partial charge on any atom is -0.494 e. The quantitative estimate of drug-likeness (QED) is 0.758.